The molecular formula is C29H26N2O2. The van der Waals surface area contributed by atoms with Crippen LogP contribution in [-0.4, -0.2) is 11.8 Å². The third kappa shape index (κ3) is 5.95. The van der Waals surface area contributed by atoms with Crippen molar-refractivity contribution >= 4 is 23.2 Å². The van der Waals surface area contributed by atoms with E-state index in [0.717, 1.165) is 28.1 Å². The van der Waals surface area contributed by atoms with Gasteiger partial charge >= 0.3 is 0 Å². The van der Waals surface area contributed by atoms with Crippen molar-refractivity contribution < 1.29 is 9.59 Å². The summed E-state index contributed by atoms with van der Waals surface area (Å²) in [4.78, 5) is 27.5. The van der Waals surface area contributed by atoms with E-state index in [1.165, 1.54) is 0 Å². The van der Waals surface area contributed by atoms with Gasteiger partial charge in [-0.3, -0.25) is 9.59 Å². The van der Waals surface area contributed by atoms with Crippen molar-refractivity contribution in [3.8, 4) is 0 Å². The van der Waals surface area contributed by atoms with E-state index in [4.69, 9.17) is 0 Å². The van der Waals surface area contributed by atoms with Crippen molar-refractivity contribution in [3.63, 3.8) is 0 Å². The summed E-state index contributed by atoms with van der Waals surface area (Å²) in [5, 5.41) is 2.90. The van der Waals surface area contributed by atoms with E-state index < -0.39 is 0 Å². The molecule has 0 atom stereocenters. The summed E-state index contributed by atoms with van der Waals surface area (Å²) in [6.45, 7) is 2.51. The molecule has 0 saturated heterocycles. The molecule has 0 heterocycles. The van der Waals surface area contributed by atoms with Gasteiger partial charge in [0.15, 0.2) is 0 Å². The Balaban J connectivity index is 1.53. The number of para-hydroxylation sites is 1. The molecule has 4 nitrogen and oxygen atoms in total. The van der Waals surface area contributed by atoms with Gasteiger partial charge in [-0.15, -0.1) is 0 Å². The molecule has 0 radical (unpaired) electrons. The number of benzene rings is 4. The number of hydrogen-bond acceptors (Lipinski definition) is 2. The molecule has 0 saturated carbocycles. The highest BCUT2D eigenvalue weighted by molar-refractivity contribution is 6.06. The zero-order valence-electron chi connectivity index (χ0n) is 18.6. The minimum atomic E-state index is -0.0778. The summed E-state index contributed by atoms with van der Waals surface area (Å²) in [5.74, 6) is -0.141. The molecule has 164 valence electrons. The number of hydrogen-bond donors (Lipinski definition) is 1. The molecule has 0 aromatic heterocycles. The van der Waals surface area contributed by atoms with E-state index in [1.54, 1.807) is 4.90 Å². The number of nitrogens with zero attached hydrogens (tertiary/aromatic N) is 1. The molecule has 33 heavy (non-hydrogen) atoms. The lowest BCUT2D eigenvalue weighted by Gasteiger charge is -2.24. The minimum Gasteiger partial charge on any atom is -0.326 e. The standard InChI is InChI=1S/C29H26N2O2/c1-22-9-8-10-24(19-22)21-31(29(33)25-11-4-2-5-12-25)27-17-15-23(16-18-27)20-28(32)30-26-13-6-3-7-14-26/h2-19H,20-21H2,1H3,(H,30,32). The molecule has 0 spiro atoms. The Hall–Kier alpha value is -4.18. The molecular weight excluding hydrogens is 408 g/mol. The molecule has 0 aliphatic carbocycles. The maximum Gasteiger partial charge on any atom is 0.258 e. The second kappa shape index (κ2) is 10.4. The normalized spacial score (nSPS) is 10.5. The van der Waals surface area contributed by atoms with Gasteiger partial charge in [-0.1, -0.05) is 78.4 Å². The zero-order valence-corrected chi connectivity index (χ0v) is 18.6. The number of aryl methyl sites for hydroxylation is 1. The first kappa shape index (κ1) is 22.0. The second-order valence-corrected chi connectivity index (χ2v) is 8.00. The van der Waals surface area contributed by atoms with Crippen molar-refractivity contribution in [2.45, 2.75) is 19.9 Å². The Bertz CT molecular complexity index is 1220. The molecule has 0 bridgehead atoms. The number of rotatable bonds is 7. The molecule has 4 aromatic carbocycles. The average Bonchev–Trinajstić information content (AvgIpc) is 2.84. The summed E-state index contributed by atoms with van der Waals surface area (Å²) in [6.07, 6.45) is 0.264. The highest BCUT2D eigenvalue weighted by atomic mass is 16.2. The Morgan fingerprint density at radius 2 is 1.39 bits per heavy atom. The molecule has 4 heteroatoms. The average molecular weight is 435 g/mol. The third-order valence-corrected chi connectivity index (χ3v) is 5.36. The van der Waals surface area contributed by atoms with Crippen LogP contribution in [0.3, 0.4) is 0 Å². The highest BCUT2D eigenvalue weighted by Crippen LogP contribution is 2.22. The summed E-state index contributed by atoms with van der Waals surface area (Å²) in [5.41, 5.74) is 5.30. The molecule has 0 aliphatic heterocycles. The van der Waals surface area contributed by atoms with E-state index in [0.29, 0.717) is 12.1 Å². The van der Waals surface area contributed by atoms with E-state index in [2.05, 4.69) is 11.4 Å². The highest BCUT2D eigenvalue weighted by Gasteiger charge is 2.18. The van der Waals surface area contributed by atoms with Crippen LogP contribution in [0.5, 0.6) is 0 Å². The van der Waals surface area contributed by atoms with Gasteiger partial charge in [0.2, 0.25) is 5.91 Å². The lowest BCUT2D eigenvalue weighted by Crippen LogP contribution is -2.30. The Labute approximate surface area is 194 Å². The van der Waals surface area contributed by atoms with Gasteiger partial charge in [0.1, 0.15) is 0 Å². The Morgan fingerprint density at radius 3 is 2.06 bits per heavy atom. The molecule has 0 fully saturated rings. The van der Waals surface area contributed by atoms with E-state index in [9.17, 15) is 9.59 Å². The van der Waals surface area contributed by atoms with E-state index >= 15 is 0 Å². The van der Waals surface area contributed by atoms with Crippen LogP contribution < -0.4 is 10.2 Å². The first-order chi connectivity index (χ1) is 16.1. The maximum atomic E-state index is 13.4. The van der Waals surface area contributed by atoms with Crippen LogP contribution in [0.1, 0.15) is 27.0 Å². The summed E-state index contributed by atoms with van der Waals surface area (Å²) >= 11 is 0. The Kier molecular flexibility index (Phi) is 6.96. The first-order valence-electron chi connectivity index (χ1n) is 10.9. The van der Waals surface area contributed by atoms with Crippen LogP contribution in [0.15, 0.2) is 109 Å². The van der Waals surface area contributed by atoms with Crippen LogP contribution in [0.2, 0.25) is 0 Å². The van der Waals surface area contributed by atoms with E-state index in [-0.39, 0.29) is 18.2 Å². The van der Waals surface area contributed by atoms with Crippen molar-refractivity contribution in [1.29, 1.82) is 0 Å². The molecule has 4 aromatic rings. The fourth-order valence-electron chi connectivity index (χ4n) is 3.72. The molecule has 2 amide bonds. The van der Waals surface area contributed by atoms with Crippen molar-refractivity contribution in [2.24, 2.45) is 0 Å². The number of carbonyl (C=O) groups excluding carboxylic acids is 2. The van der Waals surface area contributed by atoms with Crippen LogP contribution in [0.25, 0.3) is 0 Å². The van der Waals surface area contributed by atoms with Crippen LogP contribution in [0, 0.1) is 6.92 Å². The quantitative estimate of drug-likeness (QED) is 0.386. The largest absolute Gasteiger partial charge is 0.326 e. The summed E-state index contributed by atoms with van der Waals surface area (Å²) in [6, 6.07) is 34.5. The van der Waals surface area contributed by atoms with Gasteiger partial charge in [0.25, 0.3) is 5.91 Å². The molecule has 0 aliphatic rings. The fraction of sp³-hybridized carbons (Fsp3) is 0.103. The van der Waals surface area contributed by atoms with Gasteiger partial charge in [0.05, 0.1) is 13.0 Å². The van der Waals surface area contributed by atoms with Gasteiger partial charge < -0.3 is 10.2 Å². The molecule has 0 unspecified atom stereocenters. The monoisotopic (exact) mass is 434 g/mol. The second-order valence-electron chi connectivity index (χ2n) is 8.00. The number of nitrogens with one attached hydrogen (secondary N) is 1. The maximum absolute atomic E-state index is 13.4. The van der Waals surface area contributed by atoms with Crippen molar-refractivity contribution in [3.05, 3.63) is 131 Å². The minimum absolute atomic E-state index is 0.0633. The van der Waals surface area contributed by atoms with Crippen LogP contribution in [0.4, 0.5) is 11.4 Å². The van der Waals surface area contributed by atoms with Crippen LogP contribution in [-0.2, 0) is 17.8 Å². The fourth-order valence-corrected chi connectivity index (χ4v) is 3.72. The number of amides is 2. The first-order valence-corrected chi connectivity index (χ1v) is 10.9. The van der Waals surface area contributed by atoms with Gasteiger partial charge in [-0.25, -0.2) is 0 Å². The molecule has 1 N–H and O–H groups in total. The predicted molar refractivity (Wildman–Crippen MR) is 133 cm³/mol. The third-order valence-electron chi connectivity index (χ3n) is 5.36. The lowest BCUT2D eigenvalue weighted by molar-refractivity contribution is -0.115. The topological polar surface area (TPSA) is 49.4 Å². The smallest absolute Gasteiger partial charge is 0.258 e. The van der Waals surface area contributed by atoms with E-state index in [1.807, 2.05) is 110 Å². The predicted octanol–water partition coefficient (Wildman–Crippen LogP) is 6.02. The van der Waals surface area contributed by atoms with Crippen molar-refractivity contribution in [1.82, 2.24) is 0 Å². The SMILES string of the molecule is Cc1cccc(CN(C(=O)c2ccccc2)c2ccc(CC(=O)Nc3ccccc3)cc2)c1. The lowest BCUT2D eigenvalue weighted by atomic mass is 10.1. The number of anilines is 2. The van der Waals surface area contributed by atoms with Crippen molar-refractivity contribution in [2.75, 3.05) is 10.2 Å². The summed E-state index contributed by atoms with van der Waals surface area (Å²) < 4.78 is 0. The van der Waals surface area contributed by atoms with Crippen LogP contribution >= 0.6 is 0 Å². The van der Waals surface area contributed by atoms with Gasteiger partial charge in [-0.05, 0) is 54.4 Å². The Morgan fingerprint density at radius 1 is 0.727 bits per heavy atom. The molecule has 4 rings (SSSR count). The summed E-state index contributed by atoms with van der Waals surface area (Å²) in [7, 11) is 0. The van der Waals surface area contributed by atoms with Gasteiger partial charge in [-0.2, -0.15) is 0 Å². The zero-order chi connectivity index (χ0) is 23.0. The van der Waals surface area contributed by atoms with Gasteiger partial charge in [0, 0.05) is 16.9 Å². The number of carbonyl (C=O) groups is 2.